The number of aryl methyl sites for hydroxylation is 1. The number of methoxy groups -OCH3 is 1. The summed E-state index contributed by atoms with van der Waals surface area (Å²) < 4.78 is 19.9. The smallest absolute Gasteiger partial charge is 0.303 e. The zero-order valence-electron chi connectivity index (χ0n) is 24.1. The van der Waals surface area contributed by atoms with Gasteiger partial charge in [0.2, 0.25) is 0 Å². The minimum atomic E-state index is -0.848. The monoisotopic (exact) mass is 596 g/mol. The summed E-state index contributed by atoms with van der Waals surface area (Å²) in [4.78, 5) is 11.3. The van der Waals surface area contributed by atoms with Crippen LogP contribution in [0.4, 0.5) is 0 Å². The SMILES string of the molecule is CCOc1ccccc1-c1cc(-c2cc(CCC(=O)O)ccc2OCc2cccc(Cl)c2)nn1Cc1ccccc1OC. The quantitative estimate of drug-likeness (QED) is 0.149. The van der Waals surface area contributed by atoms with Gasteiger partial charge in [-0.3, -0.25) is 9.48 Å². The van der Waals surface area contributed by atoms with Crippen LogP contribution in [0.2, 0.25) is 5.02 Å². The van der Waals surface area contributed by atoms with E-state index in [1.54, 1.807) is 7.11 Å². The molecule has 0 spiro atoms. The maximum atomic E-state index is 11.3. The second-order valence-corrected chi connectivity index (χ2v) is 10.4. The molecule has 0 atom stereocenters. The number of hydrogen-bond donors (Lipinski definition) is 1. The third-order valence-electron chi connectivity index (χ3n) is 6.99. The van der Waals surface area contributed by atoms with Crippen molar-refractivity contribution in [2.75, 3.05) is 13.7 Å². The first-order valence-corrected chi connectivity index (χ1v) is 14.5. The van der Waals surface area contributed by atoms with Crippen molar-refractivity contribution >= 4 is 17.6 Å². The van der Waals surface area contributed by atoms with Gasteiger partial charge in [-0.05, 0) is 73.0 Å². The molecule has 0 saturated heterocycles. The minimum absolute atomic E-state index is 0.0252. The molecule has 4 aromatic carbocycles. The van der Waals surface area contributed by atoms with E-state index in [9.17, 15) is 9.90 Å². The van der Waals surface area contributed by atoms with Crippen molar-refractivity contribution in [2.45, 2.75) is 32.9 Å². The Bertz CT molecular complexity index is 1710. The maximum Gasteiger partial charge on any atom is 0.303 e. The number of carboxylic acids is 1. The molecular formula is C35H33ClN2O5. The molecule has 0 aliphatic carbocycles. The first-order valence-electron chi connectivity index (χ1n) is 14.1. The molecule has 0 unspecified atom stereocenters. The van der Waals surface area contributed by atoms with Gasteiger partial charge < -0.3 is 19.3 Å². The second-order valence-electron chi connectivity index (χ2n) is 9.96. The number of carboxylic acid groups (broad SMARTS) is 1. The fourth-order valence-corrected chi connectivity index (χ4v) is 5.15. The largest absolute Gasteiger partial charge is 0.496 e. The zero-order valence-corrected chi connectivity index (χ0v) is 24.9. The van der Waals surface area contributed by atoms with Gasteiger partial charge in [0.15, 0.2) is 0 Å². The van der Waals surface area contributed by atoms with Crippen LogP contribution in [0.15, 0.2) is 97.1 Å². The molecule has 1 aromatic heterocycles. The van der Waals surface area contributed by atoms with Crippen LogP contribution < -0.4 is 14.2 Å². The molecule has 0 aliphatic heterocycles. The van der Waals surface area contributed by atoms with Crippen molar-refractivity contribution in [3.8, 4) is 39.8 Å². The molecule has 43 heavy (non-hydrogen) atoms. The van der Waals surface area contributed by atoms with Gasteiger partial charge in [-0.25, -0.2) is 0 Å². The van der Waals surface area contributed by atoms with Crippen LogP contribution in [0, 0.1) is 0 Å². The van der Waals surface area contributed by atoms with Crippen molar-refractivity contribution in [1.82, 2.24) is 9.78 Å². The Hall–Kier alpha value is -4.75. The minimum Gasteiger partial charge on any atom is -0.496 e. The van der Waals surface area contributed by atoms with Crippen LogP contribution in [-0.4, -0.2) is 34.6 Å². The number of ether oxygens (including phenoxy) is 3. The standard InChI is InChI=1S/C35H33ClN2O5/c1-3-42-33-14-7-5-12-28(33)31-21-30(37-38(31)22-26-10-4-6-13-32(26)41-2)29-20-24(16-18-35(39)40)15-17-34(29)43-23-25-9-8-11-27(36)19-25/h4-15,17,19-21H,3,16,18,22-23H2,1-2H3,(H,39,40). The van der Waals surface area contributed by atoms with Gasteiger partial charge in [-0.15, -0.1) is 0 Å². The third-order valence-corrected chi connectivity index (χ3v) is 7.22. The molecule has 0 fully saturated rings. The third kappa shape index (κ3) is 7.37. The molecule has 5 rings (SSSR count). The van der Waals surface area contributed by atoms with Crippen molar-refractivity contribution in [3.05, 3.63) is 119 Å². The Labute approximate surface area is 256 Å². The Morgan fingerprint density at radius 3 is 2.37 bits per heavy atom. The topological polar surface area (TPSA) is 82.8 Å². The maximum absolute atomic E-state index is 11.3. The number of nitrogens with zero attached hydrogens (tertiary/aromatic N) is 2. The van der Waals surface area contributed by atoms with Crippen LogP contribution >= 0.6 is 11.6 Å². The Morgan fingerprint density at radius 1 is 0.837 bits per heavy atom. The molecule has 0 amide bonds. The predicted molar refractivity (Wildman–Crippen MR) is 168 cm³/mol. The summed E-state index contributed by atoms with van der Waals surface area (Å²) in [7, 11) is 1.66. The van der Waals surface area contributed by atoms with Crippen molar-refractivity contribution in [1.29, 1.82) is 0 Å². The van der Waals surface area contributed by atoms with Gasteiger partial charge in [0.25, 0.3) is 0 Å². The van der Waals surface area contributed by atoms with E-state index in [-0.39, 0.29) is 6.42 Å². The summed E-state index contributed by atoms with van der Waals surface area (Å²) in [6.07, 6.45) is 0.413. The molecule has 7 nitrogen and oxygen atoms in total. The molecule has 1 heterocycles. The lowest BCUT2D eigenvalue weighted by atomic mass is 10.0. The van der Waals surface area contributed by atoms with E-state index in [0.29, 0.717) is 42.6 Å². The Balaban J connectivity index is 1.62. The highest BCUT2D eigenvalue weighted by atomic mass is 35.5. The highest BCUT2D eigenvalue weighted by Gasteiger charge is 2.19. The van der Waals surface area contributed by atoms with Gasteiger partial charge in [-0.2, -0.15) is 5.10 Å². The molecule has 0 saturated carbocycles. The predicted octanol–water partition coefficient (Wildman–Crippen LogP) is 7.92. The molecule has 220 valence electrons. The molecule has 1 N–H and O–H groups in total. The Kier molecular flexibility index (Phi) is 9.64. The van der Waals surface area contributed by atoms with Crippen LogP contribution in [0.25, 0.3) is 22.5 Å². The van der Waals surface area contributed by atoms with Crippen LogP contribution in [0.5, 0.6) is 17.2 Å². The van der Waals surface area contributed by atoms with Crippen LogP contribution in [0.1, 0.15) is 30.0 Å². The van der Waals surface area contributed by atoms with Gasteiger partial charge in [0.05, 0.1) is 31.6 Å². The van der Waals surface area contributed by atoms with Crippen molar-refractivity contribution in [2.24, 2.45) is 0 Å². The summed E-state index contributed by atoms with van der Waals surface area (Å²) in [5, 5.41) is 15.0. The number of para-hydroxylation sites is 2. The van der Waals surface area contributed by atoms with E-state index in [1.807, 2.05) is 109 Å². The van der Waals surface area contributed by atoms with E-state index < -0.39 is 5.97 Å². The highest BCUT2D eigenvalue weighted by molar-refractivity contribution is 6.30. The number of rotatable bonds is 13. The number of aliphatic carboxylic acids is 1. The summed E-state index contributed by atoms with van der Waals surface area (Å²) in [6.45, 7) is 3.25. The van der Waals surface area contributed by atoms with Crippen molar-refractivity contribution < 1.29 is 24.1 Å². The van der Waals surface area contributed by atoms with E-state index in [2.05, 4.69) is 0 Å². The van der Waals surface area contributed by atoms with E-state index >= 15 is 0 Å². The van der Waals surface area contributed by atoms with Crippen LogP contribution in [0.3, 0.4) is 0 Å². The summed E-state index contributed by atoms with van der Waals surface area (Å²) in [5.74, 6) is 1.31. The molecule has 5 aromatic rings. The van der Waals surface area contributed by atoms with Gasteiger partial charge >= 0.3 is 5.97 Å². The second kappa shape index (κ2) is 13.9. The lowest BCUT2D eigenvalue weighted by Gasteiger charge is -2.14. The van der Waals surface area contributed by atoms with E-state index in [1.165, 1.54) is 0 Å². The molecule has 0 radical (unpaired) electrons. The van der Waals surface area contributed by atoms with Gasteiger partial charge in [-0.1, -0.05) is 60.1 Å². The molecular weight excluding hydrogens is 564 g/mol. The lowest BCUT2D eigenvalue weighted by Crippen LogP contribution is -2.06. The van der Waals surface area contributed by atoms with Gasteiger partial charge in [0, 0.05) is 28.1 Å². The number of benzene rings is 4. The number of aromatic nitrogens is 2. The summed E-state index contributed by atoms with van der Waals surface area (Å²) in [6, 6.07) is 31.1. The first-order chi connectivity index (χ1) is 20.9. The van der Waals surface area contributed by atoms with Gasteiger partial charge in [0.1, 0.15) is 23.9 Å². The average Bonchev–Trinajstić information content (AvgIpc) is 3.43. The Morgan fingerprint density at radius 2 is 1.60 bits per heavy atom. The van der Waals surface area contributed by atoms with Crippen molar-refractivity contribution in [3.63, 3.8) is 0 Å². The molecule has 0 aliphatic rings. The van der Waals surface area contributed by atoms with E-state index in [4.69, 9.17) is 30.9 Å². The zero-order chi connectivity index (χ0) is 30.2. The number of hydrogen-bond acceptors (Lipinski definition) is 5. The fourth-order valence-electron chi connectivity index (χ4n) is 4.94. The summed E-state index contributed by atoms with van der Waals surface area (Å²) >= 11 is 6.20. The molecule has 8 heteroatoms. The molecule has 0 bridgehead atoms. The van der Waals surface area contributed by atoms with Crippen LogP contribution in [-0.2, 0) is 24.4 Å². The number of halogens is 1. The highest BCUT2D eigenvalue weighted by Crippen LogP contribution is 2.37. The number of carbonyl (C=O) groups is 1. The lowest BCUT2D eigenvalue weighted by molar-refractivity contribution is -0.136. The average molecular weight is 597 g/mol. The van der Waals surface area contributed by atoms with E-state index in [0.717, 1.165) is 45.0 Å². The normalized spacial score (nSPS) is 10.9. The summed E-state index contributed by atoms with van der Waals surface area (Å²) in [5.41, 5.74) is 6.00. The first kappa shape index (κ1) is 29.7. The fraction of sp³-hybridized carbons (Fsp3) is 0.200.